The van der Waals surface area contributed by atoms with Crippen LogP contribution in [0.3, 0.4) is 0 Å². The number of rotatable bonds is 4. The number of hydrogen-bond acceptors (Lipinski definition) is 4. The summed E-state index contributed by atoms with van der Waals surface area (Å²) in [5, 5.41) is 4.10. The molecule has 1 atom stereocenters. The molecule has 30 heavy (non-hydrogen) atoms. The standard InChI is InChI=1S/C21H20Cl2N4O2S/c1-12-11-27(6-7-30-12)21(29)15-4-2-13(8-16(15)23)20(28)24-10-19-25-17-5-3-14(22)9-18(17)26-19/h2-5,8-9,12H,6-7,10-11H2,1H3,(H,24,28)(H,25,26). The highest BCUT2D eigenvalue weighted by Crippen LogP contribution is 2.24. The summed E-state index contributed by atoms with van der Waals surface area (Å²) >= 11 is 14.2. The number of fused-ring (bicyclic) bond motifs is 1. The molecule has 1 unspecified atom stereocenters. The SMILES string of the molecule is CC1CN(C(=O)c2ccc(C(=O)NCc3nc4cc(Cl)ccc4[nH]3)cc2Cl)CCS1. The van der Waals surface area contributed by atoms with Crippen LogP contribution in [0.25, 0.3) is 11.0 Å². The normalized spacial score (nSPS) is 16.6. The van der Waals surface area contributed by atoms with Crippen LogP contribution in [0.4, 0.5) is 0 Å². The van der Waals surface area contributed by atoms with Crippen LogP contribution >= 0.6 is 35.0 Å². The highest BCUT2D eigenvalue weighted by molar-refractivity contribution is 7.99. The van der Waals surface area contributed by atoms with Crippen molar-refractivity contribution in [3.05, 3.63) is 63.4 Å². The van der Waals surface area contributed by atoms with E-state index in [-0.39, 0.29) is 23.4 Å². The summed E-state index contributed by atoms with van der Waals surface area (Å²) in [4.78, 5) is 34.7. The second-order valence-electron chi connectivity index (χ2n) is 7.15. The number of H-pyrrole nitrogens is 1. The molecule has 156 valence electrons. The topological polar surface area (TPSA) is 78.1 Å². The van der Waals surface area contributed by atoms with Crippen molar-refractivity contribution < 1.29 is 9.59 Å². The van der Waals surface area contributed by atoms with E-state index in [1.165, 1.54) is 6.07 Å². The first-order valence-corrected chi connectivity index (χ1v) is 11.3. The Morgan fingerprint density at radius 1 is 1.27 bits per heavy atom. The van der Waals surface area contributed by atoms with Gasteiger partial charge in [-0.25, -0.2) is 4.98 Å². The summed E-state index contributed by atoms with van der Waals surface area (Å²) in [6.07, 6.45) is 0. The Kier molecular flexibility index (Phi) is 6.22. The minimum atomic E-state index is -0.294. The minimum absolute atomic E-state index is 0.0972. The van der Waals surface area contributed by atoms with Gasteiger partial charge in [0.05, 0.1) is 28.2 Å². The van der Waals surface area contributed by atoms with E-state index in [1.54, 1.807) is 24.3 Å². The zero-order valence-corrected chi connectivity index (χ0v) is 18.6. The van der Waals surface area contributed by atoms with E-state index in [1.807, 2.05) is 22.7 Å². The molecule has 9 heteroatoms. The average Bonchev–Trinajstić information content (AvgIpc) is 3.13. The van der Waals surface area contributed by atoms with E-state index in [9.17, 15) is 9.59 Å². The molecule has 1 saturated heterocycles. The molecule has 2 heterocycles. The predicted molar refractivity (Wildman–Crippen MR) is 122 cm³/mol. The summed E-state index contributed by atoms with van der Waals surface area (Å²) in [6, 6.07) is 10.1. The zero-order chi connectivity index (χ0) is 21.3. The number of hydrogen-bond donors (Lipinski definition) is 2. The fourth-order valence-corrected chi connectivity index (χ4v) is 4.83. The molecule has 0 saturated carbocycles. The summed E-state index contributed by atoms with van der Waals surface area (Å²) in [5.74, 6) is 1.15. The van der Waals surface area contributed by atoms with Crippen LogP contribution < -0.4 is 5.32 Å². The molecule has 0 bridgehead atoms. The van der Waals surface area contributed by atoms with Crippen molar-refractivity contribution >= 4 is 57.8 Å². The number of imidazole rings is 1. The smallest absolute Gasteiger partial charge is 0.255 e. The molecular weight excluding hydrogens is 443 g/mol. The lowest BCUT2D eigenvalue weighted by Gasteiger charge is -2.30. The van der Waals surface area contributed by atoms with E-state index in [2.05, 4.69) is 22.2 Å². The molecule has 1 fully saturated rings. The van der Waals surface area contributed by atoms with Gasteiger partial charge >= 0.3 is 0 Å². The number of thioether (sulfide) groups is 1. The van der Waals surface area contributed by atoms with Crippen LogP contribution in [-0.4, -0.2) is 50.8 Å². The van der Waals surface area contributed by atoms with Crippen LogP contribution in [-0.2, 0) is 6.54 Å². The number of nitrogens with one attached hydrogen (secondary N) is 2. The third-order valence-corrected chi connectivity index (χ3v) is 6.58. The summed E-state index contributed by atoms with van der Waals surface area (Å²) < 4.78 is 0. The van der Waals surface area contributed by atoms with Gasteiger partial charge in [-0.05, 0) is 36.4 Å². The van der Waals surface area contributed by atoms with Crippen LogP contribution in [0.2, 0.25) is 10.0 Å². The lowest BCUT2D eigenvalue weighted by Crippen LogP contribution is -2.41. The number of carbonyl (C=O) groups excluding carboxylic acids is 2. The van der Waals surface area contributed by atoms with Crippen molar-refractivity contribution in [2.24, 2.45) is 0 Å². The molecule has 4 rings (SSSR count). The third-order valence-electron chi connectivity index (χ3n) is 4.90. The molecule has 1 aliphatic heterocycles. The first kappa shape index (κ1) is 21.0. The summed E-state index contributed by atoms with van der Waals surface area (Å²) in [7, 11) is 0. The monoisotopic (exact) mass is 462 g/mol. The van der Waals surface area contributed by atoms with Crippen molar-refractivity contribution in [1.82, 2.24) is 20.2 Å². The van der Waals surface area contributed by atoms with Crippen LogP contribution in [0.1, 0.15) is 33.5 Å². The number of nitrogens with zero attached hydrogens (tertiary/aromatic N) is 2. The molecule has 2 N–H and O–H groups in total. The number of benzene rings is 2. The Morgan fingerprint density at radius 2 is 2.10 bits per heavy atom. The number of aromatic nitrogens is 2. The third kappa shape index (κ3) is 4.58. The van der Waals surface area contributed by atoms with Gasteiger partial charge in [-0.15, -0.1) is 0 Å². The number of carbonyl (C=O) groups is 2. The fraction of sp³-hybridized carbons (Fsp3) is 0.286. The first-order valence-electron chi connectivity index (χ1n) is 9.53. The van der Waals surface area contributed by atoms with Gasteiger partial charge in [0.15, 0.2) is 0 Å². The van der Waals surface area contributed by atoms with Gasteiger partial charge in [-0.3, -0.25) is 9.59 Å². The predicted octanol–water partition coefficient (Wildman–Crippen LogP) is 4.38. The quantitative estimate of drug-likeness (QED) is 0.602. The van der Waals surface area contributed by atoms with Gasteiger partial charge in [-0.2, -0.15) is 11.8 Å². The van der Waals surface area contributed by atoms with Crippen LogP contribution in [0, 0.1) is 0 Å². The Balaban J connectivity index is 1.42. The largest absolute Gasteiger partial charge is 0.345 e. The molecular formula is C21H20Cl2N4O2S. The van der Waals surface area contributed by atoms with E-state index < -0.39 is 0 Å². The minimum Gasteiger partial charge on any atom is -0.345 e. The van der Waals surface area contributed by atoms with Crippen molar-refractivity contribution in [3.8, 4) is 0 Å². The molecule has 0 radical (unpaired) electrons. The van der Waals surface area contributed by atoms with Crippen molar-refractivity contribution in [2.45, 2.75) is 18.7 Å². The molecule has 1 aliphatic rings. The Hall–Kier alpha value is -2.22. The highest BCUT2D eigenvalue weighted by Gasteiger charge is 2.24. The maximum absolute atomic E-state index is 12.8. The average molecular weight is 463 g/mol. The molecule has 0 spiro atoms. The number of halogens is 2. The Bertz CT molecular complexity index is 1120. The summed E-state index contributed by atoms with van der Waals surface area (Å²) in [6.45, 7) is 3.74. The van der Waals surface area contributed by atoms with Gasteiger partial charge < -0.3 is 15.2 Å². The molecule has 1 aromatic heterocycles. The molecule has 6 nitrogen and oxygen atoms in total. The highest BCUT2D eigenvalue weighted by atomic mass is 35.5. The lowest BCUT2D eigenvalue weighted by molar-refractivity contribution is 0.0762. The second-order valence-corrected chi connectivity index (χ2v) is 9.54. The maximum atomic E-state index is 12.8. The molecule has 3 aromatic rings. The fourth-order valence-electron chi connectivity index (χ4n) is 3.38. The van der Waals surface area contributed by atoms with Gasteiger partial charge in [0.2, 0.25) is 0 Å². The van der Waals surface area contributed by atoms with Crippen molar-refractivity contribution in [2.75, 3.05) is 18.8 Å². The van der Waals surface area contributed by atoms with Gasteiger partial charge in [-0.1, -0.05) is 30.1 Å². The zero-order valence-electron chi connectivity index (χ0n) is 16.2. The van der Waals surface area contributed by atoms with Crippen molar-refractivity contribution in [1.29, 1.82) is 0 Å². The Morgan fingerprint density at radius 3 is 2.87 bits per heavy atom. The second kappa shape index (κ2) is 8.88. The number of aromatic amines is 1. The van der Waals surface area contributed by atoms with E-state index in [0.29, 0.717) is 40.3 Å². The Labute approximate surface area is 188 Å². The van der Waals surface area contributed by atoms with E-state index >= 15 is 0 Å². The van der Waals surface area contributed by atoms with Gasteiger partial charge in [0, 0.05) is 34.7 Å². The van der Waals surface area contributed by atoms with Crippen molar-refractivity contribution in [3.63, 3.8) is 0 Å². The number of amides is 2. The maximum Gasteiger partial charge on any atom is 0.255 e. The van der Waals surface area contributed by atoms with Gasteiger partial charge in [0.25, 0.3) is 11.8 Å². The van der Waals surface area contributed by atoms with E-state index in [4.69, 9.17) is 23.2 Å². The molecule has 2 amide bonds. The van der Waals surface area contributed by atoms with Crippen LogP contribution in [0.5, 0.6) is 0 Å². The van der Waals surface area contributed by atoms with Crippen LogP contribution in [0.15, 0.2) is 36.4 Å². The molecule has 2 aromatic carbocycles. The van der Waals surface area contributed by atoms with Gasteiger partial charge in [0.1, 0.15) is 5.82 Å². The summed E-state index contributed by atoms with van der Waals surface area (Å²) in [5.41, 5.74) is 2.39. The first-order chi connectivity index (χ1) is 14.4. The van der Waals surface area contributed by atoms with E-state index in [0.717, 1.165) is 16.8 Å². The molecule has 0 aliphatic carbocycles. The lowest BCUT2D eigenvalue weighted by atomic mass is 10.1.